The number of rotatable bonds is 8. The van der Waals surface area contributed by atoms with Crippen molar-refractivity contribution in [1.82, 2.24) is 10.6 Å². The maximum Gasteiger partial charge on any atom is 0.0746 e. The maximum atomic E-state index is 5.35. The Morgan fingerprint density at radius 1 is 1.13 bits per heavy atom. The van der Waals surface area contributed by atoms with Crippen molar-refractivity contribution in [2.24, 2.45) is 5.92 Å². The third-order valence-corrected chi connectivity index (χ3v) is 2.43. The number of methoxy groups -OCH3 is 1. The fraction of sp³-hybridized carbons (Fsp3) is 1.00. The van der Waals surface area contributed by atoms with Gasteiger partial charge in [-0.3, -0.25) is 0 Å². The first-order valence-electron chi connectivity index (χ1n) is 5.86. The standard InChI is InChI=1S/C12H28N2O/c1-10(2)7-13-8-11(3)14-9-12(4,5)15-6/h10-11,13-14H,7-9H2,1-6H3. The molecule has 1 unspecified atom stereocenters. The molecule has 0 amide bonds. The molecule has 0 aliphatic rings. The lowest BCUT2D eigenvalue weighted by Gasteiger charge is -2.26. The van der Waals surface area contributed by atoms with Crippen LogP contribution < -0.4 is 10.6 Å². The Labute approximate surface area is 95.0 Å². The molecule has 0 aromatic carbocycles. The molecular formula is C12H28N2O. The topological polar surface area (TPSA) is 33.3 Å². The van der Waals surface area contributed by atoms with Crippen LogP contribution in [0.15, 0.2) is 0 Å². The quantitative estimate of drug-likeness (QED) is 0.647. The Balaban J connectivity index is 3.53. The normalized spacial score (nSPS) is 14.6. The second kappa shape index (κ2) is 7.20. The van der Waals surface area contributed by atoms with E-state index in [0.717, 1.165) is 19.6 Å². The number of hydrogen-bond acceptors (Lipinski definition) is 3. The van der Waals surface area contributed by atoms with Crippen molar-refractivity contribution in [3.63, 3.8) is 0 Å². The average Bonchev–Trinajstić information content (AvgIpc) is 2.14. The second-order valence-electron chi connectivity index (χ2n) is 5.30. The lowest BCUT2D eigenvalue weighted by atomic mass is 10.1. The molecule has 3 heteroatoms. The van der Waals surface area contributed by atoms with Crippen LogP contribution >= 0.6 is 0 Å². The first-order chi connectivity index (χ1) is 6.87. The Morgan fingerprint density at radius 3 is 2.20 bits per heavy atom. The van der Waals surface area contributed by atoms with E-state index in [-0.39, 0.29) is 5.60 Å². The second-order valence-corrected chi connectivity index (χ2v) is 5.30. The van der Waals surface area contributed by atoms with E-state index >= 15 is 0 Å². The highest BCUT2D eigenvalue weighted by Gasteiger charge is 2.16. The van der Waals surface area contributed by atoms with E-state index in [1.165, 1.54) is 0 Å². The molecule has 0 saturated carbocycles. The van der Waals surface area contributed by atoms with Gasteiger partial charge >= 0.3 is 0 Å². The van der Waals surface area contributed by atoms with Crippen molar-refractivity contribution in [2.75, 3.05) is 26.7 Å². The van der Waals surface area contributed by atoms with E-state index < -0.39 is 0 Å². The summed E-state index contributed by atoms with van der Waals surface area (Å²) in [4.78, 5) is 0. The number of nitrogens with one attached hydrogen (secondary N) is 2. The predicted octanol–water partition coefficient (Wildman–Crippen LogP) is 1.64. The molecular weight excluding hydrogens is 188 g/mol. The zero-order valence-corrected chi connectivity index (χ0v) is 11.2. The van der Waals surface area contributed by atoms with Crippen molar-refractivity contribution < 1.29 is 4.74 Å². The molecule has 0 heterocycles. The minimum atomic E-state index is -0.0771. The molecule has 0 aromatic heterocycles. The van der Waals surface area contributed by atoms with Crippen LogP contribution in [0.25, 0.3) is 0 Å². The molecule has 0 aliphatic heterocycles. The van der Waals surface area contributed by atoms with Crippen molar-refractivity contribution in [2.45, 2.75) is 46.3 Å². The summed E-state index contributed by atoms with van der Waals surface area (Å²) in [6.07, 6.45) is 0. The van der Waals surface area contributed by atoms with Gasteiger partial charge in [0.2, 0.25) is 0 Å². The SMILES string of the molecule is COC(C)(C)CNC(C)CNCC(C)C. The predicted molar refractivity (Wildman–Crippen MR) is 66.3 cm³/mol. The van der Waals surface area contributed by atoms with Crippen LogP contribution in [0.1, 0.15) is 34.6 Å². The smallest absolute Gasteiger partial charge is 0.0746 e. The van der Waals surface area contributed by atoms with Gasteiger partial charge in [0.25, 0.3) is 0 Å². The largest absolute Gasteiger partial charge is 0.377 e. The molecule has 3 nitrogen and oxygen atoms in total. The van der Waals surface area contributed by atoms with Gasteiger partial charge in [-0.2, -0.15) is 0 Å². The van der Waals surface area contributed by atoms with E-state index in [0.29, 0.717) is 12.0 Å². The highest BCUT2D eigenvalue weighted by molar-refractivity contribution is 4.74. The first-order valence-corrected chi connectivity index (χ1v) is 5.86. The van der Waals surface area contributed by atoms with Crippen LogP contribution in [0, 0.1) is 5.92 Å². The summed E-state index contributed by atoms with van der Waals surface area (Å²) in [5.74, 6) is 0.715. The summed E-state index contributed by atoms with van der Waals surface area (Å²) in [5, 5.41) is 6.90. The van der Waals surface area contributed by atoms with Crippen LogP contribution in [-0.2, 0) is 4.74 Å². The minimum absolute atomic E-state index is 0.0771. The van der Waals surface area contributed by atoms with Crippen LogP contribution in [-0.4, -0.2) is 38.4 Å². The van der Waals surface area contributed by atoms with Gasteiger partial charge in [0.15, 0.2) is 0 Å². The molecule has 0 saturated heterocycles. The van der Waals surface area contributed by atoms with E-state index in [4.69, 9.17) is 4.74 Å². The summed E-state index contributed by atoms with van der Waals surface area (Å²) in [5.41, 5.74) is -0.0771. The molecule has 15 heavy (non-hydrogen) atoms. The zero-order valence-electron chi connectivity index (χ0n) is 11.2. The Morgan fingerprint density at radius 2 is 1.73 bits per heavy atom. The summed E-state index contributed by atoms with van der Waals surface area (Å²) >= 11 is 0. The minimum Gasteiger partial charge on any atom is -0.377 e. The Bertz CT molecular complexity index is 158. The van der Waals surface area contributed by atoms with Crippen molar-refractivity contribution in [1.29, 1.82) is 0 Å². The van der Waals surface area contributed by atoms with Crippen molar-refractivity contribution in [3.05, 3.63) is 0 Å². The van der Waals surface area contributed by atoms with Gasteiger partial charge < -0.3 is 15.4 Å². The number of ether oxygens (including phenoxy) is 1. The van der Waals surface area contributed by atoms with E-state index in [1.807, 2.05) is 0 Å². The molecule has 0 aromatic rings. The third-order valence-electron chi connectivity index (χ3n) is 2.43. The number of hydrogen-bond donors (Lipinski definition) is 2. The lowest BCUT2D eigenvalue weighted by molar-refractivity contribution is 0.0215. The summed E-state index contributed by atoms with van der Waals surface area (Å²) in [7, 11) is 1.75. The Hall–Kier alpha value is -0.120. The third kappa shape index (κ3) is 8.85. The van der Waals surface area contributed by atoms with Crippen molar-refractivity contribution >= 4 is 0 Å². The van der Waals surface area contributed by atoms with Gasteiger partial charge in [-0.25, -0.2) is 0 Å². The molecule has 0 fully saturated rings. The highest BCUT2D eigenvalue weighted by atomic mass is 16.5. The van der Waals surface area contributed by atoms with Gasteiger partial charge in [-0.1, -0.05) is 13.8 Å². The maximum absolute atomic E-state index is 5.35. The van der Waals surface area contributed by atoms with Crippen LogP contribution in [0.4, 0.5) is 0 Å². The van der Waals surface area contributed by atoms with Gasteiger partial charge in [-0.05, 0) is 33.2 Å². The van der Waals surface area contributed by atoms with Gasteiger partial charge in [0.1, 0.15) is 0 Å². The lowest BCUT2D eigenvalue weighted by Crippen LogP contribution is -2.44. The fourth-order valence-electron chi connectivity index (χ4n) is 1.15. The van der Waals surface area contributed by atoms with Crippen LogP contribution in [0.2, 0.25) is 0 Å². The zero-order chi connectivity index (χ0) is 11.9. The molecule has 0 spiro atoms. The molecule has 0 radical (unpaired) electrons. The van der Waals surface area contributed by atoms with Gasteiger partial charge in [0.05, 0.1) is 5.60 Å². The summed E-state index contributed by atoms with van der Waals surface area (Å²) in [6.45, 7) is 13.8. The van der Waals surface area contributed by atoms with Crippen LogP contribution in [0.3, 0.4) is 0 Å². The summed E-state index contributed by atoms with van der Waals surface area (Å²) in [6, 6.07) is 0.484. The molecule has 2 N–H and O–H groups in total. The monoisotopic (exact) mass is 216 g/mol. The average molecular weight is 216 g/mol. The molecule has 0 rings (SSSR count). The first kappa shape index (κ1) is 14.9. The van der Waals surface area contributed by atoms with E-state index in [2.05, 4.69) is 45.3 Å². The van der Waals surface area contributed by atoms with Crippen molar-refractivity contribution in [3.8, 4) is 0 Å². The van der Waals surface area contributed by atoms with Gasteiger partial charge in [0, 0.05) is 26.2 Å². The Kier molecular flexibility index (Phi) is 7.14. The molecule has 0 aliphatic carbocycles. The molecule has 1 atom stereocenters. The highest BCUT2D eigenvalue weighted by Crippen LogP contribution is 2.04. The summed E-state index contributed by atoms with van der Waals surface area (Å²) < 4.78 is 5.35. The molecule has 92 valence electrons. The molecule has 0 bridgehead atoms. The van der Waals surface area contributed by atoms with E-state index in [1.54, 1.807) is 7.11 Å². The fourth-order valence-corrected chi connectivity index (χ4v) is 1.15. The van der Waals surface area contributed by atoms with Gasteiger partial charge in [-0.15, -0.1) is 0 Å². The van der Waals surface area contributed by atoms with E-state index in [9.17, 15) is 0 Å². The van der Waals surface area contributed by atoms with Crippen LogP contribution in [0.5, 0.6) is 0 Å².